The number of nitrogens with zero attached hydrogens (tertiary/aromatic N) is 1. The Hall–Kier alpha value is -2.57. The van der Waals surface area contributed by atoms with E-state index in [9.17, 15) is 14.4 Å². The van der Waals surface area contributed by atoms with Crippen molar-refractivity contribution in [2.75, 3.05) is 23.3 Å². The van der Waals surface area contributed by atoms with Crippen LogP contribution < -0.4 is 15.5 Å². The maximum absolute atomic E-state index is 12.4. The molecule has 0 radical (unpaired) electrons. The zero-order valence-electron chi connectivity index (χ0n) is 15.4. The highest BCUT2D eigenvalue weighted by molar-refractivity contribution is 6.05. The lowest BCUT2D eigenvalue weighted by Gasteiger charge is -2.33. The Morgan fingerprint density at radius 2 is 2.12 bits per heavy atom. The van der Waals surface area contributed by atoms with Gasteiger partial charge >= 0.3 is 5.97 Å². The molecular formula is C19H25N3O4. The molecule has 1 aromatic carbocycles. The number of nitrogens with one attached hydrogen (secondary N) is 2. The Morgan fingerprint density at radius 1 is 1.35 bits per heavy atom. The Kier molecular flexibility index (Phi) is 5.15. The lowest BCUT2D eigenvalue weighted by atomic mass is 10.1. The fourth-order valence-corrected chi connectivity index (χ4v) is 3.29. The number of carbonyl (C=O) groups is 3. The van der Waals surface area contributed by atoms with Crippen LogP contribution in [-0.4, -0.2) is 43.0 Å². The maximum atomic E-state index is 12.4. The molecule has 0 saturated carbocycles. The molecule has 0 aliphatic carbocycles. The van der Waals surface area contributed by atoms with E-state index in [0.717, 1.165) is 25.1 Å². The summed E-state index contributed by atoms with van der Waals surface area (Å²) >= 11 is 0. The van der Waals surface area contributed by atoms with Gasteiger partial charge in [0.05, 0.1) is 16.9 Å². The highest BCUT2D eigenvalue weighted by Gasteiger charge is 2.36. The molecule has 7 nitrogen and oxygen atoms in total. The van der Waals surface area contributed by atoms with Crippen molar-refractivity contribution in [1.29, 1.82) is 0 Å². The summed E-state index contributed by atoms with van der Waals surface area (Å²) in [5, 5.41) is 5.61. The van der Waals surface area contributed by atoms with Crippen LogP contribution >= 0.6 is 0 Å². The minimum Gasteiger partial charge on any atom is -0.449 e. The summed E-state index contributed by atoms with van der Waals surface area (Å²) < 4.78 is 5.26. The molecule has 7 heteroatoms. The van der Waals surface area contributed by atoms with Crippen LogP contribution in [0.3, 0.4) is 0 Å². The monoisotopic (exact) mass is 359 g/mol. The number of hydrogen-bond acceptors (Lipinski definition) is 5. The van der Waals surface area contributed by atoms with Gasteiger partial charge in [-0.25, -0.2) is 4.79 Å². The molecule has 2 heterocycles. The van der Waals surface area contributed by atoms with E-state index in [1.807, 2.05) is 19.9 Å². The standard InChI is InChI=1S/C19H25N3O4/c1-11(2)10-20-17(23)12(3)26-19(25)13-6-7-15-14(9-13)21-18(24)16-5-4-8-22(15)16/h6-7,9,11-12,16H,4-5,8,10H2,1-3H3,(H,20,23)(H,21,24)/t12-,16+/m1/s1. The lowest BCUT2D eigenvalue weighted by molar-refractivity contribution is -0.129. The van der Waals surface area contributed by atoms with E-state index in [-0.39, 0.29) is 17.9 Å². The van der Waals surface area contributed by atoms with Gasteiger partial charge in [0.25, 0.3) is 5.91 Å². The summed E-state index contributed by atoms with van der Waals surface area (Å²) in [4.78, 5) is 38.6. The highest BCUT2D eigenvalue weighted by atomic mass is 16.5. The summed E-state index contributed by atoms with van der Waals surface area (Å²) in [5.41, 5.74) is 1.84. The third-order valence-electron chi connectivity index (χ3n) is 4.69. The summed E-state index contributed by atoms with van der Waals surface area (Å²) in [6.07, 6.45) is 0.942. The molecule has 0 bridgehead atoms. The second kappa shape index (κ2) is 7.35. The predicted molar refractivity (Wildman–Crippen MR) is 98.2 cm³/mol. The average Bonchev–Trinajstić information content (AvgIpc) is 3.09. The Labute approximate surface area is 153 Å². The van der Waals surface area contributed by atoms with Crippen molar-refractivity contribution in [3.05, 3.63) is 23.8 Å². The first-order valence-electron chi connectivity index (χ1n) is 9.07. The molecule has 0 spiro atoms. The first-order valence-corrected chi connectivity index (χ1v) is 9.07. The van der Waals surface area contributed by atoms with Gasteiger partial charge in [-0.2, -0.15) is 0 Å². The van der Waals surface area contributed by atoms with Crippen LogP contribution in [0.25, 0.3) is 0 Å². The van der Waals surface area contributed by atoms with E-state index < -0.39 is 12.1 Å². The third-order valence-corrected chi connectivity index (χ3v) is 4.69. The van der Waals surface area contributed by atoms with Crippen LogP contribution in [0.15, 0.2) is 18.2 Å². The van der Waals surface area contributed by atoms with Gasteiger partial charge in [0.1, 0.15) is 6.04 Å². The number of hydrogen-bond donors (Lipinski definition) is 2. The smallest absolute Gasteiger partial charge is 0.338 e. The molecule has 140 valence electrons. The number of anilines is 2. The van der Waals surface area contributed by atoms with Crippen LogP contribution in [0.4, 0.5) is 11.4 Å². The number of amides is 2. The molecule has 1 fully saturated rings. The molecule has 2 aliphatic rings. The molecule has 0 unspecified atom stereocenters. The zero-order chi connectivity index (χ0) is 18.8. The molecule has 2 N–H and O–H groups in total. The number of rotatable bonds is 5. The van der Waals surface area contributed by atoms with Crippen molar-refractivity contribution < 1.29 is 19.1 Å². The minimum atomic E-state index is -0.880. The first kappa shape index (κ1) is 18.2. The largest absolute Gasteiger partial charge is 0.449 e. The molecule has 2 aliphatic heterocycles. The fourth-order valence-electron chi connectivity index (χ4n) is 3.29. The van der Waals surface area contributed by atoms with Gasteiger partial charge in [-0.05, 0) is 43.9 Å². The van der Waals surface area contributed by atoms with Crippen LogP contribution in [0.5, 0.6) is 0 Å². The van der Waals surface area contributed by atoms with E-state index in [4.69, 9.17) is 4.74 Å². The second-order valence-electron chi connectivity index (χ2n) is 7.26. The lowest BCUT2D eigenvalue weighted by Crippen LogP contribution is -2.44. The van der Waals surface area contributed by atoms with Crippen LogP contribution in [0.2, 0.25) is 0 Å². The van der Waals surface area contributed by atoms with Gasteiger partial charge in [-0.15, -0.1) is 0 Å². The van der Waals surface area contributed by atoms with Crippen molar-refractivity contribution >= 4 is 29.2 Å². The Balaban J connectivity index is 1.68. The van der Waals surface area contributed by atoms with E-state index in [1.54, 1.807) is 19.1 Å². The number of esters is 1. The first-order chi connectivity index (χ1) is 12.4. The maximum Gasteiger partial charge on any atom is 0.338 e. The van der Waals surface area contributed by atoms with Crippen molar-refractivity contribution in [2.24, 2.45) is 5.92 Å². The SMILES string of the molecule is CC(C)CNC(=O)[C@@H](C)OC(=O)c1ccc2c(c1)NC(=O)[C@@H]1CCCN21. The van der Waals surface area contributed by atoms with Gasteiger partial charge < -0.3 is 20.3 Å². The van der Waals surface area contributed by atoms with Gasteiger partial charge in [0, 0.05) is 13.1 Å². The van der Waals surface area contributed by atoms with Crippen molar-refractivity contribution in [1.82, 2.24) is 5.32 Å². The molecule has 26 heavy (non-hydrogen) atoms. The fraction of sp³-hybridized carbons (Fsp3) is 0.526. The molecule has 2 atom stereocenters. The Bertz CT molecular complexity index is 731. The van der Waals surface area contributed by atoms with E-state index in [1.165, 1.54) is 0 Å². The summed E-state index contributed by atoms with van der Waals surface area (Å²) in [7, 11) is 0. The predicted octanol–water partition coefficient (Wildman–Crippen LogP) is 1.92. The summed E-state index contributed by atoms with van der Waals surface area (Å²) in [5.74, 6) is -0.626. The molecule has 0 aromatic heterocycles. The number of fused-ring (bicyclic) bond motifs is 3. The minimum absolute atomic E-state index is 0.0399. The van der Waals surface area contributed by atoms with Gasteiger partial charge in [0.15, 0.2) is 6.10 Å². The van der Waals surface area contributed by atoms with Crippen LogP contribution in [0, 0.1) is 5.92 Å². The summed E-state index contributed by atoms with van der Waals surface area (Å²) in [6, 6.07) is 4.99. The quantitative estimate of drug-likeness (QED) is 0.785. The molecule has 3 rings (SSSR count). The van der Waals surface area contributed by atoms with E-state index in [2.05, 4.69) is 15.5 Å². The number of benzene rings is 1. The van der Waals surface area contributed by atoms with Gasteiger partial charge in [-0.3, -0.25) is 9.59 Å². The third kappa shape index (κ3) is 3.66. The Morgan fingerprint density at radius 3 is 2.85 bits per heavy atom. The van der Waals surface area contributed by atoms with Crippen molar-refractivity contribution in [3.8, 4) is 0 Å². The van der Waals surface area contributed by atoms with E-state index in [0.29, 0.717) is 23.7 Å². The average molecular weight is 359 g/mol. The van der Waals surface area contributed by atoms with E-state index >= 15 is 0 Å². The van der Waals surface area contributed by atoms with Gasteiger partial charge in [0.2, 0.25) is 5.91 Å². The normalized spacial score (nSPS) is 19.5. The second-order valence-corrected chi connectivity index (χ2v) is 7.26. The van der Waals surface area contributed by atoms with Crippen molar-refractivity contribution in [2.45, 2.75) is 45.8 Å². The number of ether oxygens (including phenoxy) is 1. The molecular weight excluding hydrogens is 334 g/mol. The summed E-state index contributed by atoms with van der Waals surface area (Å²) in [6.45, 7) is 6.89. The number of carbonyl (C=O) groups excluding carboxylic acids is 3. The van der Waals surface area contributed by atoms with Gasteiger partial charge in [-0.1, -0.05) is 13.8 Å². The van der Waals surface area contributed by atoms with Crippen LogP contribution in [0.1, 0.15) is 44.0 Å². The molecule has 1 saturated heterocycles. The molecule has 1 aromatic rings. The van der Waals surface area contributed by atoms with Crippen LogP contribution in [-0.2, 0) is 14.3 Å². The van der Waals surface area contributed by atoms with Crippen molar-refractivity contribution in [3.63, 3.8) is 0 Å². The zero-order valence-corrected chi connectivity index (χ0v) is 15.4. The topological polar surface area (TPSA) is 87.7 Å². The molecule has 2 amide bonds. The highest BCUT2D eigenvalue weighted by Crippen LogP contribution is 2.37.